The van der Waals surface area contributed by atoms with Gasteiger partial charge >= 0.3 is 5.63 Å². The SMILES string of the molecule is COc1ccc2c(O)c(C(CC(C)=O)c3ccccc3)c(=O)oc2c1. The number of fused-ring (bicyclic) bond motifs is 1. The van der Waals surface area contributed by atoms with E-state index in [-0.39, 0.29) is 29.1 Å². The molecule has 3 rings (SSSR count). The molecule has 0 saturated heterocycles. The lowest BCUT2D eigenvalue weighted by Gasteiger charge is -2.17. The van der Waals surface area contributed by atoms with Crippen LogP contribution in [-0.4, -0.2) is 18.0 Å². The van der Waals surface area contributed by atoms with Crippen LogP contribution in [0.1, 0.15) is 30.4 Å². The summed E-state index contributed by atoms with van der Waals surface area (Å²) in [5, 5.41) is 11.1. The largest absolute Gasteiger partial charge is 0.507 e. The van der Waals surface area contributed by atoms with Crippen molar-refractivity contribution < 1.29 is 19.1 Å². The van der Waals surface area contributed by atoms with Gasteiger partial charge in [0, 0.05) is 18.4 Å². The van der Waals surface area contributed by atoms with Crippen molar-refractivity contribution in [1.82, 2.24) is 0 Å². The molecule has 0 bridgehead atoms. The fourth-order valence-electron chi connectivity index (χ4n) is 2.97. The van der Waals surface area contributed by atoms with Gasteiger partial charge in [-0.2, -0.15) is 0 Å². The second kappa shape index (κ2) is 6.81. The number of hydrogen-bond donors (Lipinski definition) is 1. The number of carbonyl (C=O) groups excluding carboxylic acids is 1. The highest BCUT2D eigenvalue weighted by Crippen LogP contribution is 2.37. The van der Waals surface area contributed by atoms with Gasteiger partial charge in [-0.1, -0.05) is 30.3 Å². The average molecular weight is 338 g/mol. The minimum atomic E-state index is -0.659. The summed E-state index contributed by atoms with van der Waals surface area (Å²) in [7, 11) is 1.51. The summed E-state index contributed by atoms with van der Waals surface area (Å²) in [6, 6.07) is 14.0. The molecule has 0 radical (unpaired) electrons. The predicted molar refractivity (Wildman–Crippen MR) is 94.3 cm³/mol. The van der Waals surface area contributed by atoms with Gasteiger partial charge in [0.25, 0.3) is 0 Å². The maximum Gasteiger partial charge on any atom is 0.343 e. The Hall–Kier alpha value is -3.08. The van der Waals surface area contributed by atoms with E-state index < -0.39 is 11.5 Å². The zero-order chi connectivity index (χ0) is 18.0. The van der Waals surface area contributed by atoms with Gasteiger partial charge in [-0.3, -0.25) is 4.79 Å². The Labute approximate surface area is 144 Å². The molecule has 0 saturated carbocycles. The van der Waals surface area contributed by atoms with Crippen molar-refractivity contribution in [2.75, 3.05) is 7.11 Å². The Morgan fingerprint density at radius 3 is 2.56 bits per heavy atom. The molecule has 1 unspecified atom stereocenters. The van der Waals surface area contributed by atoms with Crippen molar-refractivity contribution in [1.29, 1.82) is 0 Å². The Morgan fingerprint density at radius 2 is 1.92 bits per heavy atom. The van der Waals surface area contributed by atoms with E-state index in [1.165, 1.54) is 14.0 Å². The van der Waals surface area contributed by atoms with E-state index in [0.717, 1.165) is 5.56 Å². The number of Topliss-reactive ketones (excluding diaryl/α,β-unsaturated/α-hetero) is 1. The third-order valence-electron chi connectivity index (χ3n) is 4.16. The average Bonchev–Trinajstić information content (AvgIpc) is 2.60. The lowest BCUT2D eigenvalue weighted by Crippen LogP contribution is -2.16. The molecule has 25 heavy (non-hydrogen) atoms. The number of ether oxygens (including phenoxy) is 1. The van der Waals surface area contributed by atoms with Crippen LogP contribution in [0.25, 0.3) is 11.0 Å². The summed E-state index contributed by atoms with van der Waals surface area (Å²) in [5.41, 5.74) is 0.445. The molecule has 0 spiro atoms. The monoisotopic (exact) mass is 338 g/mol. The summed E-state index contributed by atoms with van der Waals surface area (Å²) in [6.45, 7) is 1.46. The highest BCUT2D eigenvalue weighted by Gasteiger charge is 2.26. The number of ketones is 1. The molecule has 5 nitrogen and oxygen atoms in total. The van der Waals surface area contributed by atoms with Crippen LogP contribution in [0.5, 0.6) is 11.5 Å². The van der Waals surface area contributed by atoms with Crippen LogP contribution in [0.4, 0.5) is 0 Å². The van der Waals surface area contributed by atoms with Crippen LogP contribution in [0.2, 0.25) is 0 Å². The summed E-state index contributed by atoms with van der Waals surface area (Å²) in [4.78, 5) is 24.3. The molecule has 2 aromatic carbocycles. The number of benzene rings is 2. The van der Waals surface area contributed by atoms with E-state index in [1.807, 2.05) is 30.3 Å². The highest BCUT2D eigenvalue weighted by atomic mass is 16.5. The van der Waals surface area contributed by atoms with Crippen LogP contribution in [-0.2, 0) is 4.79 Å². The normalized spacial score (nSPS) is 12.1. The van der Waals surface area contributed by atoms with Gasteiger partial charge in [-0.15, -0.1) is 0 Å². The topological polar surface area (TPSA) is 76.7 Å². The first-order valence-corrected chi connectivity index (χ1v) is 7.89. The van der Waals surface area contributed by atoms with Crippen molar-refractivity contribution in [2.24, 2.45) is 0 Å². The predicted octanol–water partition coefficient (Wildman–Crippen LogP) is 3.62. The van der Waals surface area contributed by atoms with Crippen molar-refractivity contribution in [3.63, 3.8) is 0 Å². The van der Waals surface area contributed by atoms with Gasteiger partial charge in [0.1, 0.15) is 22.9 Å². The maximum absolute atomic E-state index is 12.6. The van der Waals surface area contributed by atoms with Crippen molar-refractivity contribution >= 4 is 16.8 Å². The van der Waals surface area contributed by atoms with E-state index in [0.29, 0.717) is 11.1 Å². The molecule has 0 fully saturated rings. The van der Waals surface area contributed by atoms with Gasteiger partial charge in [0.05, 0.1) is 18.1 Å². The molecule has 1 heterocycles. The molecule has 5 heteroatoms. The number of rotatable bonds is 5. The van der Waals surface area contributed by atoms with Crippen LogP contribution in [0.15, 0.2) is 57.7 Å². The molecule has 1 N–H and O–H groups in total. The van der Waals surface area contributed by atoms with E-state index in [4.69, 9.17) is 9.15 Å². The standard InChI is InChI=1S/C20H18O5/c1-12(21)10-16(13-6-4-3-5-7-13)18-19(22)15-9-8-14(24-2)11-17(15)25-20(18)23/h3-9,11,16,22H,10H2,1-2H3. The van der Waals surface area contributed by atoms with Gasteiger partial charge in [0.2, 0.25) is 0 Å². The Balaban J connectivity index is 2.24. The van der Waals surface area contributed by atoms with Gasteiger partial charge in [-0.05, 0) is 24.6 Å². The van der Waals surface area contributed by atoms with E-state index in [9.17, 15) is 14.7 Å². The number of aromatic hydroxyl groups is 1. The Bertz CT molecular complexity index is 973. The third kappa shape index (κ3) is 3.26. The van der Waals surface area contributed by atoms with E-state index in [2.05, 4.69) is 0 Å². The lowest BCUT2D eigenvalue weighted by molar-refractivity contribution is -0.117. The second-order valence-corrected chi connectivity index (χ2v) is 5.88. The quantitative estimate of drug-likeness (QED) is 0.719. The Morgan fingerprint density at radius 1 is 1.20 bits per heavy atom. The van der Waals surface area contributed by atoms with Crippen LogP contribution in [0.3, 0.4) is 0 Å². The molecular formula is C20H18O5. The molecule has 1 aromatic heterocycles. The summed E-state index contributed by atoms with van der Waals surface area (Å²) < 4.78 is 10.5. The van der Waals surface area contributed by atoms with E-state index in [1.54, 1.807) is 18.2 Å². The molecule has 0 aliphatic carbocycles. The molecule has 1 atom stereocenters. The van der Waals surface area contributed by atoms with Crippen LogP contribution in [0, 0.1) is 0 Å². The highest BCUT2D eigenvalue weighted by molar-refractivity contribution is 5.86. The first kappa shape index (κ1) is 16.8. The van der Waals surface area contributed by atoms with Crippen molar-refractivity contribution in [2.45, 2.75) is 19.3 Å². The molecule has 128 valence electrons. The fourth-order valence-corrected chi connectivity index (χ4v) is 2.97. The fraction of sp³-hybridized carbons (Fsp3) is 0.200. The minimum absolute atomic E-state index is 0.0810. The minimum Gasteiger partial charge on any atom is -0.507 e. The Kier molecular flexibility index (Phi) is 4.57. The molecule has 0 aliphatic rings. The van der Waals surface area contributed by atoms with Crippen molar-refractivity contribution in [3.8, 4) is 11.5 Å². The summed E-state index contributed by atoms with van der Waals surface area (Å²) in [5.74, 6) is -0.293. The zero-order valence-electron chi connectivity index (χ0n) is 14.0. The van der Waals surface area contributed by atoms with Crippen LogP contribution < -0.4 is 10.4 Å². The third-order valence-corrected chi connectivity index (χ3v) is 4.16. The molecule has 0 aliphatic heterocycles. The van der Waals surface area contributed by atoms with Crippen molar-refractivity contribution in [3.05, 3.63) is 70.1 Å². The van der Waals surface area contributed by atoms with Gasteiger partial charge in [0.15, 0.2) is 0 Å². The maximum atomic E-state index is 12.6. The second-order valence-electron chi connectivity index (χ2n) is 5.88. The molecule has 3 aromatic rings. The zero-order valence-corrected chi connectivity index (χ0v) is 14.0. The van der Waals surface area contributed by atoms with Gasteiger partial charge < -0.3 is 14.3 Å². The lowest BCUT2D eigenvalue weighted by atomic mass is 9.87. The first-order chi connectivity index (χ1) is 12.0. The number of carbonyl (C=O) groups is 1. The summed E-state index contributed by atoms with van der Waals surface area (Å²) >= 11 is 0. The number of methoxy groups -OCH3 is 1. The summed E-state index contributed by atoms with van der Waals surface area (Å²) in [6.07, 6.45) is 0.101. The first-order valence-electron chi connectivity index (χ1n) is 7.89. The van der Waals surface area contributed by atoms with E-state index >= 15 is 0 Å². The molecule has 0 amide bonds. The smallest absolute Gasteiger partial charge is 0.343 e. The van der Waals surface area contributed by atoms with Crippen LogP contribution >= 0.6 is 0 Å². The van der Waals surface area contributed by atoms with Gasteiger partial charge in [-0.25, -0.2) is 4.79 Å². The number of hydrogen-bond acceptors (Lipinski definition) is 5. The molecular weight excluding hydrogens is 320 g/mol.